The minimum absolute atomic E-state index is 0.0780. The first-order valence-corrected chi connectivity index (χ1v) is 8.44. The zero-order chi connectivity index (χ0) is 15.5. The molecule has 0 aromatic heterocycles. The van der Waals surface area contributed by atoms with Crippen LogP contribution in [0.5, 0.6) is 11.5 Å². The molecule has 7 heteroatoms. The molecule has 118 valence electrons. The summed E-state index contributed by atoms with van der Waals surface area (Å²) in [5, 5.41) is 0. The molecular weight excluding hydrogens is 292 g/mol. The Bertz CT molecular complexity index is 581. The van der Waals surface area contributed by atoms with Crippen LogP contribution in [-0.4, -0.2) is 34.7 Å². The van der Waals surface area contributed by atoms with Crippen LogP contribution >= 0.6 is 0 Å². The molecule has 1 aromatic carbocycles. The smallest absolute Gasteiger partial charge is 0.244 e. The molecule has 0 heterocycles. The second kappa shape index (κ2) is 6.64. The van der Waals surface area contributed by atoms with Gasteiger partial charge in [0.1, 0.15) is 16.4 Å². The molecule has 2 rings (SSSR count). The summed E-state index contributed by atoms with van der Waals surface area (Å²) in [5.41, 5.74) is 5.84. The Balaban J connectivity index is 2.22. The summed E-state index contributed by atoms with van der Waals surface area (Å²) in [6.45, 7) is 0. The second-order valence-corrected chi connectivity index (χ2v) is 6.93. The maximum Gasteiger partial charge on any atom is 0.244 e. The topological polar surface area (TPSA) is 90.6 Å². The van der Waals surface area contributed by atoms with E-state index in [9.17, 15) is 8.42 Å². The third kappa shape index (κ3) is 3.87. The number of hydrogen-bond acceptors (Lipinski definition) is 5. The highest BCUT2D eigenvalue weighted by Gasteiger charge is 2.26. The second-order valence-electron chi connectivity index (χ2n) is 5.25. The molecule has 1 aliphatic carbocycles. The monoisotopic (exact) mass is 314 g/mol. The molecule has 0 atom stereocenters. The highest BCUT2D eigenvalue weighted by molar-refractivity contribution is 7.89. The Hall–Kier alpha value is -1.31. The van der Waals surface area contributed by atoms with Crippen LogP contribution in [-0.2, 0) is 10.0 Å². The largest absolute Gasteiger partial charge is 0.497 e. The van der Waals surface area contributed by atoms with E-state index in [2.05, 4.69) is 4.72 Å². The summed E-state index contributed by atoms with van der Waals surface area (Å²) in [5.74, 6) is 0.776. The Morgan fingerprint density at radius 1 is 1.14 bits per heavy atom. The van der Waals surface area contributed by atoms with Gasteiger partial charge in [-0.05, 0) is 37.8 Å². The van der Waals surface area contributed by atoms with E-state index >= 15 is 0 Å². The van der Waals surface area contributed by atoms with E-state index in [-0.39, 0.29) is 17.0 Å². The van der Waals surface area contributed by atoms with Gasteiger partial charge in [-0.15, -0.1) is 0 Å². The minimum atomic E-state index is -3.65. The van der Waals surface area contributed by atoms with Gasteiger partial charge in [-0.3, -0.25) is 0 Å². The predicted molar refractivity (Wildman–Crippen MR) is 80.1 cm³/mol. The lowest BCUT2D eigenvalue weighted by molar-refractivity contribution is 0.370. The molecule has 0 bridgehead atoms. The maximum atomic E-state index is 12.6. The molecule has 1 aromatic rings. The van der Waals surface area contributed by atoms with E-state index in [4.69, 9.17) is 15.2 Å². The van der Waals surface area contributed by atoms with Crippen molar-refractivity contribution in [3.63, 3.8) is 0 Å². The van der Waals surface area contributed by atoms with Crippen LogP contribution in [0, 0.1) is 0 Å². The number of nitrogens with two attached hydrogens (primary N) is 1. The molecule has 21 heavy (non-hydrogen) atoms. The summed E-state index contributed by atoms with van der Waals surface area (Å²) >= 11 is 0. The van der Waals surface area contributed by atoms with Crippen LogP contribution in [0.2, 0.25) is 0 Å². The fourth-order valence-electron chi connectivity index (χ4n) is 2.51. The summed E-state index contributed by atoms with van der Waals surface area (Å²) in [6, 6.07) is 4.82. The quantitative estimate of drug-likeness (QED) is 0.853. The lowest BCUT2D eigenvalue weighted by Crippen LogP contribution is -2.40. The molecule has 3 N–H and O–H groups in total. The van der Waals surface area contributed by atoms with Crippen molar-refractivity contribution in [3.05, 3.63) is 18.2 Å². The van der Waals surface area contributed by atoms with Gasteiger partial charge in [0.25, 0.3) is 0 Å². The first-order chi connectivity index (χ1) is 9.96. The third-order valence-corrected chi connectivity index (χ3v) is 5.30. The zero-order valence-corrected chi connectivity index (χ0v) is 13.2. The lowest BCUT2D eigenvalue weighted by atomic mass is 9.93. The average molecular weight is 314 g/mol. The first kappa shape index (κ1) is 16.1. The summed E-state index contributed by atoms with van der Waals surface area (Å²) in [4.78, 5) is 0.0965. The number of nitrogens with one attached hydrogen (secondary N) is 1. The molecule has 0 unspecified atom stereocenters. The van der Waals surface area contributed by atoms with E-state index in [1.54, 1.807) is 12.1 Å². The van der Waals surface area contributed by atoms with Crippen molar-refractivity contribution in [2.45, 2.75) is 42.7 Å². The summed E-state index contributed by atoms with van der Waals surface area (Å²) < 4.78 is 38.1. The Morgan fingerprint density at radius 3 is 2.38 bits per heavy atom. The predicted octanol–water partition coefficient (Wildman–Crippen LogP) is 1.25. The molecule has 0 radical (unpaired) electrons. The first-order valence-electron chi connectivity index (χ1n) is 6.96. The van der Waals surface area contributed by atoms with Crippen molar-refractivity contribution >= 4 is 10.0 Å². The van der Waals surface area contributed by atoms with Crippen molar-refractivity contribution in [2.75, 3.05) is 14.2 Å². The Kier molecular flexibility index (Phi) is 5.08. The minimum Gasteiger partial charge on any atom is -0.497 e. The molecular formula is C14H22N2O4S. The zero-order valence-electron chi connectivity index (χ0n) is 12.3. The number of sulfonamides is 1. The van der Waals surface area contributed by atoms with E-state index < -0.39 is 10.0 Å². The van der Waals surface area contributed by atoms with Crippen LogP contribution in [0.1, 0.15) is 25.7 Å². The normalized spacial score (nSPS) is 22.8. The van der Waals surface area contributed by atoms with Crippen LogP contribution in [0.3, 0.4) is 0 Å². The van der Waals surface area contributed by atoms with E-state index in [0.717, 1.165) is 25.7 Å². The van der Waals surface area contributed by atoms with E-state index in [0.29, 0.717) is 11.5 Å². The third-order valence-electron chi connectivity index (χ3n) is 3.75. The molecule has 1 saturated carbocycles. The molecule has 1 fully saturated rings. The number of methoxy groups -OCH3 is 2. The Morgan fingerprint density at radius 2 is 1.81 bits per heavy atom. The molecule has 0 aliphatic heterocycles. The van der Waals surface area contributed by atoms with Gasteiger partial charge in [-0.2, -0.15) is 0 Å². The van der Waals surface area contributed by atoms with Gasteiger partial charge in [0, 0.05) is 18.2 Å². The number of rotatable bonds is 5. The van der Waals surface area contributed by atoms with Crippen LogP contribution in [0.15, 0.2) is 23.1 Å². The Labute approximate surface area is 125 Å². The average Bonchev–Trinajstić information content (AvgIpc) is 2.48. The molecule has 0 saturated heterocycles. The van der Waals surface area contributed by atoms with Crippen LogP contribution < -0.4 is 19.9 Å². The molecule has 6 nitrogen and oxygen atoms in total. The van der Waals surface area contributed by atoms with Crippen LogP contribution in [0.4, 0.5) is 0 Å². The highest BCUT2D eigenvalue weighted by Crippen LogP contribution is 2.29. The van der Waals surface area contributed by atoms with Gasteiger partial charge < -0.3 is 15.2 Å². The SMILES string of the molecule is COc1ccc(OC)c(S(=O)(=O)NC2CCC(N)CC2)c1. The maximum absolute atomic E-state index is 12.6. The standard InChI is InChI=1S/C14H22N2O4S/c1-19-12-7-8-13(20-2)14(9-12)21(17,18)16-11-5-3-10(15)4-6-11/h7-11,16H,3-6,15H2,1-2H3. The summed E-state index contributed by atoms with van der Waals surface area (Å²) in [7, 11) is -0.709. The molecule has 0 spiro atoms. The highest BCUT2D eigenvalue weighted by atomic mass is 32.2. The number of ether oxygens (including phenoxy) is 2. The van der Waals surface area contributed by atoms with Gasteiger partial charge in [-0.1, -0.05) is 0 Å². The van der Waals surface area contributed by atoms with Crippen molar-refractivity contribution in [1.82, 2.24) is 4.72 Å². The lowest BCUT2D eigenvalue weighted by Gasteiger charge is -2.26. The van der Waals surface area contributed by atoms with Crippen molar-refractivity contribution < 1.29 is 17.9 Å². The number of hydrogen-bond donors (Lipinski definition) is 2. The van der Waals surface area contributed by atoms with Crippen molar-refractivity contribution in [1.29, 1.82) is 0 Å². The van der Waals surface area contributed by atoms with E-state index in [1.807, 2.05) is 0 Å². The van der Waals surface area contributed by atoms with Gasteiger partial charge in [0.2, 0.25) is 10.0 Å². The fraction of sp³-hybridized carbons (Fsp3) is 0.571. The van der Waals surface area contributed by atoms with Gasteiger partial charge in [-0.25, -0.2) is 13.1 Å². The number of benzene rings is 1. The van der Waals surface area contributed by atoms with Crippen molar-refractivity contribution in [2.24, 2.45) is 5.73 Å². The van der Waals surface area contributed by atoms with Gasteiger partial charge >= 0.3 is 0 Å². The van der Waals surface area contributed by atoms with Crippen LogP contribution in [0.25, 0.3) is 0 Å². The molecule has 0 amide bonds. The fourth-order valence-corrected chi connectivity index (χ4v) is 4.00. The van der Waals surface area contributed by atoms with Gasteiger partial charge in [0.05, 0.1) is 14.2 Å². The van der Waals surface area contributed by atoms with E-state index in [1.165, 1.54) is 20.3 Å². The summed E-state index contributed by atoms with van der Waals surface area (Å²) in [6.07, 6.45) is 3.18. The van der Waals surface area contributed by atoms with Crippen molar-refractivity contribution in [3.8, 4) is 11.5 Å². The van der Waals surface area contributed by atoms with Gasteiger partial charge in [0.15, 0.2) is 0 Å². The molecule has 1 aliphatic rings.